The summed E-state index contributed by atoms with van der Waals surface area (Å²) >= 11 is 0. The Morgan fingerprint density at radius 3 is 2.50 bits per heavy atom. The molecule has 1 radical (unpaired) electrons. The van der Waals surface area contributed by atoms with E-state index in [1.54, 1.807) is 0 Å². The van der Waals surface area contributed by atoms with Crippen LogP contribution in [0, 0.1) is 11.8 Å². The van der Waals surface area contributed by atoms with Crippen LogP contribution in [0.5, 0.6) is 0 Å². The van der Waals surface area contributed by atoms with E-state index in [4.69, 9.17) is 0 Å². The SMILES string of the molecule is CC#CC[SiH]C. The molecular formula is C5H9Si. The maximum absolute atomic E-state index is 2.98. The Morgan fingerprint density at radius 2 is 2.33 bits per heavy atom. The van der Waals surface area contributed by atoms with Crippen molar-refractivity contribution in [3.8, 4) is 11.8 Å². The molecule has 33 valence electrons. The van der Waals surface area contributed by atoms with Crippen molar-refractivity contribution in [3.05, 3.63) is 0 Å². The summed E-state index contributed by atoms with van der Waals surface area (Å²) in [5.41, 5.74) is 0. The topological polar surface area (TPSA) is 0 Å². The zero-order valence-corrected chi connectivity index (χ0v) is 5.44. The fourth-order valence-electron chi connectivity index (χ4n) is 0.204. The van der Waals surface area contributed by atoms with Crippen LogP contribution in [0.4, 0.5) is 0 Å². The van der Waals surface area contributed by atoms with E-state index in [0.717, 1.165) is 6.04 Å². The van der Waals surface area contributed by atoms with E-state index in [1.165, 1.54) is 0 Å². The van der Waals surface area contributed by atoms with Gasteiger partial charge in [-0.2, -0.15) is 0 Å². The third-order valence-electron chi connectivity index (χ3n) is 0.483. The van der Waals surface area contributed by atoms with E-state index in [-0.39, 0.29) is 0 Å². The fourth-order valence-corrected chi connectivity index (χ4v) is 0.612. The van der Waals surface area contributed by atoms with E-state index in [0.29, 0.717) is 9.52 Å². The summed E-state index contributed by atoms with van der Waals surface area (Å²) in [7, 11) is 0.610. The molecule has 0 aliphatic carbocycles. The summed E-state index contributed by atoms with van der Waals surface area (Å²) in [5.74, 6) is 5.82. The first-order valence-corrected chi connectivity index (χ1v) is 4.06. The average molecular weight is 97.2 g/mol. The summed E-state index contributed by atoms with van der Waals surface area (Å²) in [6.45, 7) is 4.10. The summed E-state index contributed by atoms with van der Waals surface area (Å²) in [6, 6.07) is 1.14. The van der Waals surface area contributed by atoms with Crippen LogP contribution < -0.4 is 0 Å². The van der Waals surface area contributed by atoms with Gasteiger partial charge in [-0.15, -0.1) is 11.8 Å². The summed E-state index contributed by atoms with van der Waals surface area (Å²) < 4.78 is 0. The minimum Gasteiger partial charge on any atom is -0.107 e. The third kappa shape index (κ3) is 3.78. The van der Waals surface area contributed by atoms with Crippen molar-refractivity contribution in [2.24, 2.45) is 0 Å². The average Bonchev–Trinajstić information content (AvgIpc) is 1.61. The highest BCUT2D eigenvalue weighted by molar-refractivity contribution is 6.34. The molecule has 0 saturated carbocycles. The van der Waals surface area contributed by atoms with E-state index >= 15 is 0 Å². The first-order valence-electron chi connectivity index (χ1n) is 2.09. The standard InChI is InChI=1S/C5H9Si/c1-3-4-5-6-2/h6H,5H2,1-2H3. The second-order valence-electron chi connectivity index (χ2n) is 1.04. The Bertz CT molecular complexity index is 65.7. The van der Waals surface area contributed by atoms with Gasteiger partial charge in [-0.25, -0.2) is 0 Å². The number of hydrogen-bond acceptors (Lipinski definition) is 0. The molecular weight excluding hydrogens is 88.1 g/mol. The Morgan fingerprint density at radius 1 is 1.67 bits per heavy atom. The van der Waals surface area contributed by atoms with E-state index in [2.05, 4.69) is 18.4 Å². The van der Waals surface area contributed by atoms with Gasteiger partial charge in [0.15, 0.2) is 0 Å². The molecule has 0 unspecified atom stereocenters. The molecule has 0 aromatic rings. The molecule has 0 saturated heterocycles. The summed E-state index contributed by atoms with van der Waals surface area (Å²) in [6.07, 6.45) is 0. The zero-order chi connectivity index (χ0) is 4.83. The fraction of sp³-hybridized carbons (Fsp3) is 0.600. The molecule has 0 rings (SSSR count). The predicted octanol–water partition coefficient (Wildman–Crippen LogP) is 0.913. The minimum atomic E-state index is 0.610. The molecule has 0 atom stereocenters. The monoisotopic (exact) mass is 97.0 g/mol. The van der Waals surface area contributed by atoms with Crippen LogP contribution in [0.2, 0.25) is 12.6 Å². The molecule has 0 amide bonds. The van der Waals surface area contributed by atoms with Crippen LogP contribution in [0.15, 0.2) is 0 Å². The van der Waals surface area contributed by atoms with Gasteiger partial charge in [0.05, 0.1) is 0 Å². The molecule has 0 aromatic heterocycles. The molecule has 0 heterocycles. The van der Waals surface area contributed by atoms with Gasteiger partial charge < -0.3 is 0 Å². The van der Waals surface area contributed by atoms with Gasteiger partial charge in [0, 0.05) is 9.52 Å². The van der Waals surface area contributed by atoms with Crippen molar-refractivity contribution in [1.82, 2.24) is 0 Å². The predicted molar refractivity (Wildman–Crippen MR) is 31.3 cm³/mol. The second kappa shape index (κ2) is 4.78. The zero-order valence-electron chi connectivity index (χ0n) is 4.28. The summed E-state index contributed by atoms with van der Waals surface area (Å²) in [4.78, 5) is 0. The molecule has 0 nitrogen and oxygen atoms in total. The molecule has 0 N–H and O–H groups in total. The summed E-state index contributed by atoms with van der Waals surface area (Å²) in [5, 5.41) is 0. The lowest BCUT2D eigenvalue weighted by molar-refractivity contribution is 1.76. The quantitative estimate of drug-likeness (QED) is 0.337. The number of hydrogen-bond donors (Lipinski definition) is 0. The van der Waals surface area contributed by atoms with Gasteiger partial charge in [0.1, 0.15) is 0 Å². The normalized spacial score (nSPS) is 6.33. The van der Waals surface area contributed by atoms with E-state index < -0.39 is 0 Å². The maximum Gasteiger partial charge on any atom is 0.0398 e. The van der Waals surface area contributed by atoms with E-state index in [1.807, 2.05) is 6.92 Å². The van der Waals surface area contributed by atoms with Crippen molar-refractivity contribution < 1.29 is 0 Å². The number of rotatable bonds is 1. The van der Waals surface area contributed by atoms with E-state index in [9.17, 15) is 0 Å². The first-order chi connectivity index (χ1) is 2.91. The Balaban J connectivity index is 2.79. The first kappa shape index (κ1) is 5.78. The van der Waals surface area contributed by atoms with Crippen molar-refractivity contribution in [1.29, 1.82) is 0 Å². The second-order valence-corrected chi connectivity index (χ2v) is 2.26. The van der Waals surface area contributed by atoms with Crippen LogP contribution in [0.25, 0.3) is 0 Å². The van der Waals surface area contributed by atoms with Crippen molar-refractivity contribution >= 4 is 9.52 Å². The molecule has 1 heteroatoms. The van der Waals surface area contributed by atoms with Crippen molar-refractivity contribution in [2.45, 2.75) is 19.5 Å². The largest absolute Gasteiger partial charge is 0.107 e. The van der Waals surface area contributed by atoms with Gasteiger partial charge in [-0.05, 0) is 13.0 Å². The molecule has 0 aliphatic rings. The molecule has 0 aromatic carbocycles. The van der Waals surface area contributed by atoms with Gasteiger partial charge in [-0.1, -0.05) is 6.55 Å². The smallest absolute Gasteiger partial charge is 0.0398 e. The highest BCUT2D eigenvalue weighted by atomic mass is 28.2. The minimum absolute atomic E-state index is 0.610. The van der Waals surface area contributed by atoms with Crippen LogP contribution >= 0.6 is 0 Å². The van der Waals surface area contributed by atoms with Gasteiger partial charge in [0.2, 0.25) is 0 Å². The Kier molecular flexibility index (Phi) is 4.60. The van der Waals surface area contributed by atoms with Gasteiger partial charge >= 0.3 is 0 Å². The lowest BCUT2D eigenvalue weighted by atomic mass is 10.7. The van der Waals surface area contributed by atoms with Crippen molar-refractivity contribution in [3.63, 3.8) is 0 Å². The molecule has 0 fully saturated rings. The van der Waals surface area contributed by atoms with Crippen LogP contribution in [0.1, 0.15) is 6.92 Å². The molecule has 0 aliphatic heterocycles. The Hall–Kier alpha value is -0.223. The third-order valence-corrected chi connectivity index (χ3v) is 1.10. The highest BCUT2D eigenvalue weighted by Crippen LogP contribution is 1.68. The molecule has 6 heavy (non-hydrogen) atoms. The van der Waals surface area contributed by atoms with Crippen molar-refractivity contribution in [2.75, 3.05) is 0 Å². The van der Waals surface area contributed by atoms with Crippen LogP contribution in [-0.2, 0) is 0 Å². The lowest BCUT2D eigenvalue weighted by Crippen LogP contribution is -1.71. The van der Waals surface area contributed by atoms with Gasteiger partial charge in [-0.3, -0.25) is 0 Å². The van der Waals surface area contributed by atoms with Gasteiger partial charge in [0.25, 0.3) is 0 Å². The van der Waals surface area contributed by atoms with Crippen LogP contribution in [-0.4, -0.2) is 9.52 Å². The maximum atomic E-state index is 2.98. The highest BCUT2D eigenvalue weighted by Gasteiger charge is 1.65. The molecule has 0 bridgehead atoms. The Labute approximate surface area is 41.8 Å². The van der Waals surface area contributed by atoms with Crippen LogP contribution in [0.3, 0.4) is 0 Å². The lowest BCUT2D eigenvalue weighted by Gasteiger charge is -1.69. The molecule has 0 spiro atoms.